The zero-order valence-electron chi connectivity index (χ0n) is 10.5. The summed E-state index contributed by atoms with van der Waals surface area (Å²) in [5, 5.41) is 8.30. The van der Waals surface area contributed by atoms with Gasteiger partial charge in [-0.3, -0.25) is 5.10 Å². The fraction of sp³-hybridized carbons (Fsp3) is 0.571. The first kappa shape index (κ1) is 10.4. The summed E-state index contributed by atoms with van der Waals surface area (Å²) in [5.41, 5.74) is 1.98. The van der Waals surface area contributed by atoms with Crippen LogP contribution in [0.2, 0.25) is 0 Å². The monoisotopic (exact) mass is 243 g/mol. The maximum Gasteiger partial charge on any atom is 0.225 e. The van der Waals surface area contributed by atoms with Crippen molar-refractivity contribution in [3.63, 3.8) is 0 Å². The fourth-order valence-corrected chi connectivity index (χ4v) is 3.64. The first-order valence-electron chi connectivity index (χ1n) is 6.77. The van der Waals surface area contributed by atoms with Gasteiger partial charge in [0.05, 0.1) is 10.9 Å². The van der Waals surface area contributed by atoms with Gasteiger partial charge in [-0.25, -0.2) is 4.98 Å². The average Bonchev–Trinajstić information content (AvgIpc) is 3.06. The number of nitrogens with one attached hydrogen (secondary N) is 1. The second kappa shape index (κ2) is 3.70. The van der Waals surface area contributed by atoms with Gasteiger partial charge in [0.25, 0.3) is 0 Å². The second-order valence-electron chi connectivity index (χ2n) is 5.69. The van der Waals surface area contributed by atoms with Gasteiger partial charge in [0.15, 0.2) is 0 Å². The summed E-state index contributed by atoms with van der Waals surface area (Å²) in [5.74, 6) is 2.40. The summed E-state index contributed by atoms with van der Waals surface area (Å²) >= 11 is 0. The molecule has 2 aliphatic rings. The van der Waals surface area contributed by atoms with Crippen molar-refractivity contribution in [1.82, 2.24) is 15.2 Å². The third kappa shape index (κ3) is 1.44. The van der Waals surface area contributed by atoms with E-state index in [0.29, 0.717) is 6.10 Å². The molecule has 2 aromatic rings. The number of aryl methyl sites for hydroxylation is 1. The number of H-pyrrole nitrogens is 1. The van der Waals surface area contributed by atoms with Gasteiger partial charge in [-0.15, -0.1) is 0 Å². The van der Waals surface area contributed by atoms with Gasteiger partial charge in [0.2, 0.25) is 5.88 Å². The molecule has 2 aromatic heterocycles. The first-order valence-corrected chi connectivity index (χ1v) is 6.77. The maximum atomic E-state index is 6.19. The van der Waals surface area contributed by atoms with Gasteiger partial charge < -0.3 is 4.74 Å². The summed E-state index contributed by atoms with van der Waals surface area (Å²) < 4.78 is 6.19. The number of ether oxygens (including phenoxy) is 1. The van der Waals surface area contributed by atoms with Crippen LogP contribution in [0.4, 0.5) is 0 Å². The Morgan fingerprint density at radius 2 is 2.28 bits per heavy atom. The third-order valence-corrected chi connectivity index (χ3v) is 4.55. The molecule has 0 aliphatic heterocycles. The molecule has 2 heterocycles. The largest absolute Gasteiger partial charge is 0.474 e. The molecule has 0 spiro atoms. The predicted octanol–water partition coefficient (Wildman–Crippen LogP) is 2.83. The molecule has 0 amide bonds. The maximum absolute atomic E-state index is 6.19. The van der Waals surface area contributed by atoms with E-state index in [4.69, 9.17) is 4.74 Å². The van der Waals surface area contributed by atoms with Gasteiger partial charge in [-0.05, 0) is 50.5 Å². The standard InChI is InChI=1S/C14H17N3O/c1-8-13-11(17-16-8)4-5-15-14(13)18-12-7-9-2-3-10(12)6-9/h4-5,9-10,12H,2-3,6-7H2,1H3,(H,16,17)/t9-,10+,12+/m0/s1. The molecular formula is C14H17N3O. The van der Waals surface area contributed by atoms with Crippen LogP contribution in [0.15, 0.2) is 12.3 Å². The third-order valence-electron chi connectivity index (χ3n) is 4.55. The topological polar surface area (TPSA) is 50.8 Å². The Morgan fingerprint density at radius 1 is 1.33 bits per heavy atom. The molecule has 2 saturated carbocycles. The van der Waals surface area contributed by atoms with Crippen LogP contribution in [0, 0.1) is 18.8 Å². The van der Waals surface area contributed by atoms with Crippen molar-refractivity contribution in [3.8, 4) is 5.88 Å². The molecule has 2 aliphatic carbocycles. The highest BCUT2D eigenvalue weighted by molar-refractivity contribution is 5.85. The molecule has 0 aromatic carbocycles. The molecule has 4 nitrogen and oxygen atoms in total. The van der Waals surface area contributed by atoms with E-state index in [1.165, 1.54) is 25.7 Å². The summed E-state index contributed by atoms with van der Waals surface area (Å²) in [6.45, 7) is 2.02. The Kier molecular flexibility index (Phi) is 2.13. The van der Waals surface area contributed by atoms with Crippen molar-refractivity contribution in [2.45, 2.75) is 38.7 Å². The second-order valence-corrected chi connectivity index (χ2v) is 5.69. The van der Waals surface area contributed by atoms with E-state index in [1.54, 1.807) is 6.20 Å². The molecule has 2 bridgehead atoms. The van der Waals surface area contributed by atoms with E-state index in [1.807, 2.05) is 13.0 Å². The molecule has 4 heteroatoms. The Hall–Kier alpha value is -1.58. The number of rotatable bonds is 2. The van der Waals surface area contributed by atoms with Crippen molar-refractivity contribution in [2.75, 3.05) is 0 Å². The molecular weight excluding hydrogens is 226 g/mol. The molecule has 4 rings (SSSR count). The normalized spacial score (nSPS) is 30.2. The van der Waals surface area contributed by atoms with Crippen LogP contribution in [0.1, 0.15) is 31.4 Å². The van der Waals surface area contributed by atoms with Crippen LogP contribution in [-0.4, -0.2) is 21.3 Å². The SMILES string of the molecule is Cc1[nH]nc2ccnc(O[C@@H]3C[C@H]4CC[C@@H]3C4)c12. The Labute approximate surface area is 106 Å². The van der Waals surface area contributed by atoms with E-state index in [2.05, 4.69) is 15.2 Å². The van der Waals surface area contributed by atoms with Crippen molar-refractivity contribution in [3.05, 3.63) is 18.0 Å². The van der Waals surface area contributed by atoms with Gasteiger partial charge in [-0.2, -0.15) is 5.10 Å². The van der Waals surface area contributed by atoms with E-state index in [9.17, 15) is 0 Å². The van der Waals surface area contributed by atoms with Crippen LogP contribution >= 0.6 is 0 Å². The number of hydrogen-bond donors (Lipinski definition) is 1. The van der Waals surface area contributed by atoms with Crippen molar-refractivity contribution in [2.24, 2.45) is 11.8 Å². The molecule has 0 unspecified atom stereocenters. The minimum Gasteiger partial charge on any atom is -0.474 e. The average molecular weight is 243 g/mol. The van der Waals surface area contributed by atoms with E-state index < -0.39 is 0 Å². The summed E-state index contributed by atoms with van der Waals surface area (Å²) in [6, 6.07) is 1.92. The van der Waals surface area contributed by atoms with E-state index in [0.717, 1.165) is 34.3 Å². The molecule has 18 heavy (non-hydrogen) atoms. The zero-order valence-corrected chi connectivity index (χ0v) is 10.5. The molecule has 0 radical (unpaired) electrons. The number of hydrogen-bond acceptors (Lipinski definition) is 3. The van der Waals surface area contributed by atoms with Crippen LogP contribution in [-0.2, 0) is 0 Å². The number of nitrogens with zero attached hydrogens (tertiary/aromatic N) is 2. The molecule has 0 saturated heterocycles. The summed E-state index contributed by atoms with van der Waals surface area (Å²) in [6.07, 6.45) is 7.44. The lowest BCUT2D eigenvalue weighted by molar-refractivity contribution is 0.134. The van der Waals surface area contributed by atoms with Crippen LogP contribution in [0.3, 0.4) is 0 Å². The number of pyridine rings is 1. The van der Waals surface area contributed by atoms with Crippen LogP contribution < -0.4 is 4.74 Å². The van der Waals surface area contributed by atoms with Crippen molar-refractivity contribution < 1.29 is 4.74 Å². The highest BCUT2D eigenvalue weighted by Crippen LogP contribution is 2.46. The van der Waals surface area contributed by atoms with Gasteiger partial charge in [0.1, 0.15) is 6.10 Å². The lowest BCUT2D eigenvalue weighted by Crippen LogP contribution is -2.23. The van der Waals surface area contributed by atoms with Gasteiger partial charge >= 0.3 is 0 Å². The van der Waals surface area contributed by atoms with Crippen molar-refractivity contribution in [1.29, 1.82) is 0 Å². The van der Waals surface area contributed by atoms with Crippen LogP contribution in [0.25, 0.3) is 10.9 Å². The van der Waals surface area contributed by atoms with Gasteiger partial charge in [-0.1, -0.05) is 0 Å². The molecule has 94 valence electrons. The molecule has 1 N–H and O–H groups in total. The predicted molar refractivity (Wildman–Crippen MR) is 68.5 cm³/mol. The summed E-state index contributed by atoms with van der Waals surface area (Å²) in [7, 11) is 0. The van der Waals surface area contributed by atoms with Gasteiger partial charge in [0, 0.05) is 11.9 Å². The van der Waals surface area contributed by atoms with Crippen LogP contribution in [0.5, 0.6) is 5.88 Å². The molecule has 2 fully saturated rings. The lowest BCUT2D eigenvalue weighted by Gasteiger charge is -2.22. The Balaban J connectivity index is 1.68. The first-order chi connectivity index (χ1) is 8.81. The smallest absolute Gasteiger partial charge is 0.225 e. The summed E-state index contributed by atoms with van der Waals surface area (Å²) in [4.78, 5) is 4.40. The quantitative estimate of drug-likeness (QED) is 0.882. The van der Waals surface area contributed by atoms with Crippen molar-refractivity contribution >= 4 is 10.9 Å². The highest BCUT2D eigenvalue weighted by atomic mass is 16.5. The number of fused-ring (bicyclic) bond motifs is 3. The number of aromatic nitrogens is 3. The Morgan fingerprint density at radius 3 is 3.06 bits per heavy atom. The highest BCUT2D eigenvalue weighted by Gasteiger charge is 2.41. The minimum atomic E-state index is 0.371. The molecule has 3 atom stereocenters. The number of aromatic amines is 1. The lowest BCUT2D eigenvalue weighted by atomic mass is 9.98. The minimum absolute atomic E-state index is 0.371. The van der Waals surface area contributed by atoms with E-state index in [-0.39, 0.29) is 0 Å². The fourth-order valence-electron chi connectivity index (χ4n) is 3.64. The Bertz CT molecular complexity index is 592. The zero-order chi connectivity index (χ0) is 12.1. The van der Waals surface area contributed by atoms with E-state index >= 15 is 0 Å².